The van der Waals surface area contributed by atoms with E-state index in [0.717, 1.165) is 43.1 Å². The van der Waals surface area contributed by atoms with Gasteiger partial charge >= 0.3 is 0 Å². The van der Waals surface area contributed by atoms with Gasteiger partial charge in [0, 0.05) is 42.1 Å². The number of pyridine rings is 1. The first-order chi connectivity index (χ1) is 17.4. The summed E-state index contributed by atoms with van der Waals surface area (Å²) in [5.74, 6) is 0.848. The molecule has 36 heavy (non-hydrogen) atoms. The number of piperidine rings is 1. The first kappa shape index (κ1) is 22.3. The van der Waals surface area contributed by atoms with Gasteiger partial charge in [-0.3, -0.25) is 14.5 Å². The van der Waals surface area contributed by atoms with Crippen molar-refractivity contribution in [1.29, 1.82) is 0 Å². The maximum atomic E-state index is 13.2. The number of nitrogens with one attached hydrogen (secondary N) is 1. The van der Waals surface area contributed by atoms with Gasteiger partial charge < -0.3 is 15.2 Å². The van der Waals surface area contributed by atoms with Crippen LogP contribution in [0.4, 0.5) is 0 Å². The van der Waals surface area contributed by atoms with Crippen molar-refractivity contribution in [1.82, 2.24) is 9.88 Å². The number of aliphatic hydroxyl groups is 2. The third kappa shape index (κ3) is 3.17. The van der Waals surface area contributed by atoms with Gasteiger partial charge in [0.05, 0.1) is 16.9 Å². The number of carbonyl (C=O) groups excluding carboxylic acids is 1. The number of allylic oxidation sites excluding steroid dienone is 3. The second kappa shape index (κ2) is 7.77. The Hall–Kier alpha value is -2.96. The Labute approximate surface area is 210 Å². The van der Waals surface area contributed by atoms with Gasteiger partial charge in [-0.2, -0.15) is 0 Å². The normalized spacial score (nSPS) is 33.0. The van der Waals surface area contributed by atoms with Gasteiger partial charge in [-0.1, -0.05) is 42.0 Å². The Kier molecular flexibility index (Phi) is 4.80. The van der Waals surface area contributed by atoms with Crippen molar-refractivity contribution in [2.75, 3.05) is 13.1 Å². The maximum Gasteiger partial charge on any atom is 0.259 e. The van der Waals surface area contributed by atoms with E-state index >= 15 is 0 Å². The molecule has 1 aromatic heterocycles. The van der Waals surface area contributed by atoms with E-state index in [2.05, 4.69) is 16.0 Å². The molecule has 0 radical (unpaired) electrons. The molecule has 2 saturated carbocycles. The Balaban J connectivity index is 1.34. The zero-order valence-corrected chi connectivity index (χ0v) is 20.4. The molecule has 1 aromatic carbocycles. The predicted molar refractivity (Wildman–Crippen MR) is 136 cm³/mol. The van der Waals surface area contributed by atoms with E-state index in [9.17, 15) is 19.8 Å². The quantitative estimate of drug-likeness (QED) is 0.576. The van der Waals surface area contributed by atoms with Crippen LogP contribution < -0.4 is 5.56 Å². The minimum absolute atomic E-state index is 0.00338. The van der Waals surface area contributed by atoms with Crippen LogP contribution in [0, 0.1) is 17.3 Å². The number of likely N-dealkylation sites (tertiary alicyclic amines) is 1. The maximum absolute atomic E-state index is 13.2. The molecule has 3 fully saturated rings. The lowest BCUT2D eigenvalue weighted by Crippen LogP contribution is -2.74. The van der Waals surface area contributed by atoms with Crippen LogP contribution in [0.2, 0.25) is 0 Å². The lowest BCUT2D eigenvalue weighted by atomic mass is 9.45. The van der Waals surface area contributed by atoms with Gasteiger partial charge in [-0.15, -0.1) is 0 Å². The molecule has 6 nitrogen and oxygen atoms in total. The topological polar surface area (TPSA) is 93.6 Å². The lowest BCUT2D eigenvalue weighted by molar-refractivity contribution is -0.212. The summed E-state index contributed by atoms with van der Waals surface area (Å²) in [6, 6.07) is 10.6. The van der Waals surface area contributed by atoms with Crippen LogP contribution in [-0.4, -0.2) is 50.6 Å². The standard InChI is InChI=1S/C30H32N2O4/c33-22-9-8-20-13-26-30(36)15-21-12-23(27(34)19-4-2-1-3-5-19)28(35)31-25(21)16-29(30,24(20)14-22)10-11-32(26)17-18-6-7-18/h1-5,8-9,12,18,24,26,33,36H,6-7,10-11,13-17H2,(H,31,35)/t24?,26-,29?,30-/m1/s1. The van der Waals surface area contributed by atoms with Gasteiger partial charge in [-0.05, 0) is 68.2 Å². The molecule has 0 spiro atoms. The van der Waals surface area contributed by atoms with Gasteiger partial charge in [0.25, 0.3) is 5.56 Å². The number of benzene rings is 1. The number of aromatic nitrogens is 1. The zero-order chi connectivity index (χ0) is 24.7. The van der Waals surface area contributed by atoms with Gasteiger partial charge in [0.2, 0.25) is 0 Å². The highest BCUT2D eigenvalue weighted by Crippen LogP contribution is 2.63. The molecule has 5 aliphatic rings. The molecule has 7 rings (SSSR count). The smallest absolute Gasteiger partial charge is 0.259 e. The highest BCUT2D eigenvalue weighted by molar-refractivity contribution is 6.08. The van der Waals surface area contributed by atoms with Gasteiger partial charge in [0.1, 0.15) is 0 Å². The molecular formula is C30H32N2O4. The van der Waals surface area contributed by atoms with E-state index in [1.54, 1.807) is 30.3 Å². The molecule has 1 saturated heterocycles. The zero-order valence-electron chi connectivity index (χ0n) is 20.4. The van der Waals surface area contributed by atoms with Gasteiger partial charge in [-0.25, -0.2) is 0 Å². The summed E-state index contributed by atoms with van der Waals surface area (Å²) < 4.78 is 0. The minimum Gasteiger partial charge on any atom is -0.512 e. The van der Waals surface area contributed by atoms with E-state index in [-0.39, 0.29) is 28.9 Å². The Morgan fingerprint density at radius 3 is 2.69 bits per heavy atom. The Morgan fingerprint density at radius 1 is 1.11 bits per heavy atom. The molecule has 2 heterocycles. The van der Waals surface area contributed by atoms with Crippen molar-refractivity contribution in [2.24, 2.45) is 17.3 Å². The van der Waals surface area contributed by atoms with E-state index in [1.807, 2.05) is 12.1 Å². The highest BCUT2D eigenvalue weighted by atomic mass is 16.3. The Morgan fingerprint density at radius 2 is 1.92 bits per heavy atom. The second-order valence-electron chi connectivity index (χ2n) is 11.7. The number of nitrogens with zero attached hydrogens (tertiary/aromatic N) is 1. The number of carbonyl (C=O) groups is 1. The molecule has 4 atom stereocenters. The molecule has 1 aliphatic heterocycles. The number of aromatic amines is 1. The van der Waals surface area contributed by atoms with Crippen molar-refractivity contribution in [3.05, 3.63) is 92.6 Å². The predicted octanol–water partition coefficient (Wildman–Crippen LogP) is 3.70. The summed E-state index contributed by atoms with van der Waals surface area (Å²) in [4.78, 5) is 31.9. The SMILES string of the molecule is O=C(c1ccccc1)c1cc2c([nH]c1=O)CC13CCN(CC4CC4)[C@H](CC4=CC=C(O)CC41)[C@]3(O)C2. The first-order valence-corrected chi connectivity index (χ1v) is 13.3. The van der Waals surface area contributed by atoms with Crippen LogP contribution >= 0.6 is 0 Å². The average molecular weight is 485 g/mol. The fourth-order valence-electron chi connectivity index (χ4n) is 7.79. The van der Waals surface area contributed by atoms with E-state index in [1.165, 1.54) is 18.4 Å². The number of fused-ring (bicyclic) bond motifs is 2. The number of rotatable bonds is 4. The molecule has 2 aromatic rings. The van der Waals surface area contributed by atoms with Crippen LogP contribution in [0.1, 0.15) is 59.3 Å². The molecule has 0 amide bonds. The number of aliphatic hydroxyl groups excluding tert-OH is 1. The highest BCUT2D eigenvalue weighted by Gasteiger charge is 2.67. The first-order valence-electron chi connectivity index (χ1n) is 13.3. The lowest BCUT2D eigenvalue weighted by Gasteiger charge is -2.67. The summed E-state index contributed by atoms with van der Waals surface area (Å²) in [6.45, 7) is 1.96. The molecule has 3 N–H and O–H groups in total. The number of ketones is 1. The molecule has 2 bridgehead atoms. The van der Waals surface area contributed by atoms with Gasteiger partial charge in [0.15, 0.2) is 5.78 Å². The van der Waals surface area contributed by atoms with Crippen LogP contribution in [0.15, 0.2) is 64.7 Å². The number of H-pyrrole nitrogens is 1. The summed E-state index contributed by atoms with van der Waals surface area (Å²) in [5.41, 5.74) is 1.82. The Bertz CT molecular complexity index is 1370. The van der Waals surface area contributed by atoms with E-state index in [4.69, 9.17) is 0 Å². The summed E-state index contributed by atoms with van der Waals surface area (Å²) in [5, 5.41) is 23.2. The third-order valence-electron chi connectivity index (χ3n) is 9.78. The average Bonchev–Trinajstić information content (AvgIpc) is 3.69. The van der Waals surface area contributed by atoms with E-state index < -0.39 is 11.0 Å². The summed E-state index contributed by atoms with van der Waals surface area (Å²) >= 11 is 0. The van der Waals surface area contributed by atoms with Crippen LogP contribution in [0.25, 0.3) is 0 Å². The number of hydrogen-bond donors (Lipinski definition) is 3. The second-order valence-corrected chi connectivity index (χ2v) is 11.7. The largest absolute Gasteiger partial charge is 0.512 e. The fourth-order valence-corrected chi connectivity index (χ4v) is 7.79. The van der Waals surface area contributed by atoms with Crippen LogP contribution in [0.3, 0.4) is 0 Å². The van der Waals surface area contributed by atoms with Crippen LogP contribution in [0.5, 0.6) is 0 Å². The van der Waals surface area contributed by atoms with Crippen molar-refractivity contribution in [3.8, 4) is 0 Å². The van der Waals surface area contributed by atoms with E-state index in [0.29, 0.717) is 30.6 Å². The minimum atomic E-state index is -0.988. The fraction of sp³-hybridized carbons (Fsp3) is 0.467. The van der Waals surface area contributed by atoms with Crippen molar-refractivity contribution in [3.63, 3.8) is 0 Å². The van der Waals surface area contributed by atoms with Crippen molar-refractivity contribution >= 4 is 5.78 Å². The van der Waals surface area contributed by atoms with Crippen molar-refractivity contribution < 1.29 is 15.0 Å². The molecule has 6 heteroatoms. The third-order valence-corrected chi connectivity index (χ3v) is 9.78. The van der Waals surface area contributed by atoms with Crippen molar-refractivity contribution in [2.45, 2.75) is 56.6 Å². The molecular weight excluding hydrogens is 452 g/mol. The number of hydrogen-bond acceptors (Lipinski definition) is 5. The molecule has 186 valence electrons. The summed E-state index contributed by atoms with van der Waals surface area (Å²) in [6.07, 6.45) is 9.54. The molecule has 2 unspecified atom stereocenters. The van der Waals surface area contributed by atoms with Crippen LogP contribution in [-0.2, 0) is 12.8 Å². The monoisotopic (exact) mass is 484 g/mol. The summed E-state index contributed by atoms with van der Waals surface area (Å²) in [7, 11) is 0. The molecule has 4 aliphatic carbocycles.